The molecular weight excluding hydrogens is 144 g/mol. The van der Waals surface area contributed by atoms with E-state index in [2.05, 4.69) is 0 Å². The molecule has 0 aromatic rings. The molecule has 3 atom stereocenters. The number of ether oxygens (including phenoxy) is 1. The largest absolute Gasteiger partial charge is 0.394 e. The van der Waals surface area contributed by atoms with Gasteiger partial charge in [-0.3, -0.25) is 0 Å². The smallest absolute Gasteiger partial charge is 0.103 e. The van der Waals surface area contributed by atoms with Crippen molar-refractivity contribution in [1.82, 2.24) is 0 Å². The van der Waals surface area contributed by atoms with Crippen molar-refractivity contribution in [2.24, 2.45) is 5.92 Å². The maximum absolute atomic E-state index is 9.24. The molecule has 3 heteroatoms. The standard InChI is InChI=1S/C8H18O3/c1-4-6(2)8(11-3)7(10)5-9/h6-10H,4-5H2,1-3H3. The molecule has 0 bridgehead atoms. The van der Waals surface area contributed by atoms with Crippen LogP contribution in [0.3, 0.4) is 0 Å². The van der Waals surface area contributed by atoms with E-state index in [1.54, 1.807) is 7.11 Å². The first-order valence-electron chi connectivity index (χ1n) is 3.99. The van der Waals surface area contributed by atoms with E-state index in [0.717, 1.165) is 6.42 Å². The highest BCUT2D eigenvalue weighted by Gasteiger charge is 2.22. The van der Waals surface area contributed by atoms with Crippen molar-refractivity contribution in [2.45, 2.75) is 32.5 Å². The Kier molecular flexibility index (Phi) is 5.46. The Balaban J connectivity index is 3.92. The van der Waals surface area contributed by atoms with Gasteiger partial charge in [-0.05, 0) is 5.92 Å². The van der Waals surface area contributed by atoms with Crippen molar-refractivity contribution >= 4 is 0 Å². The van der Waals surface area contributed by atoms with Gasteiger partial charge in [-0.25, -0.2) is 0 Å². The highest BCUT2D eigenvalue weighted by atomic mass is 16.5. The summed E-state index contributed by atoms with van der Waals surface area (Å²) in [7, 11) is 1.55. The average molecular weight is 162 g/mol. The monoisotopic (exact) mass is 162 g/mol. The second-order valence-corrected chi connectivity index (χ2v) is 2.84. The maximum atomic E-state index is 9.24. The van der Waals surface area contributed by atoms with E-state index < -0.39 is 6.10 Å². The fraction of sp³-hybridized carbons (Fsp3) is 1.00. The van der Waals surface area contributed by atoms with Crippen LogP contribution in [0.5, 0.6) is 0 Å². The minimum Gasteiger partial charge on any atom is -0.394 e. The van der Waals surface area contributed by atoms with Gasteiger partial charge in [-0.15, -0.1) is 0 Å². The van der Waals surface area contributed by atoms with Gasteiger partial charge in [0.15, 0.2) is 0 Å². The minimum atomic E-state index is -0.755. The lowest BCUT2D eigenvalue weighted by Crippen LogP contribution is -2.36. The fourth-order valence-electron chi connectivity index (χ4n) is 1.10. The zero-order valence-corrected chi connectivity index (χ0v) is 7.45. The highest BCUT2D eigenvalue weighted by molar-refractivity contribution is 4.72. The second kappa shape index (κ2) is 5.52. The third kappa shape index (κ3) is 3.18. The van der Waals surface area contributed by atoms with Crippen LogP contribution in [0.2, 0.25) is 0 Å². The molecule has 0 amide bonds. The van der Waals surface area contributed by atoms with E-state index in [-0.39, 0.29) is 18.6 Å². The van der Waals surface area contributed by atoms with Gasteiger partial charge in [0.25, 0.3) is 0 Å². The molecule has 0 fully saturated rings. The molecule has 0 aliphatic carbocycles. The lowest BCUT2D eigenvalue weighted by molar-refractivity contribution is -0.0631. The Labute approximate surface area is 68.0 Å². The summed E-state index contributed by atoms with van der Waals surface area (Å²) in [5.74, 6) is 0.280. The number of hydrogen-bond donors (Lipinski definition) is 2. The first-order valence-corrected chi connectivity index (χ1v) is 3.99. The van der Waals surface area contributed by atoms with Crippen LogP contribution < -0.4 is 0 Å². The van der Waals surface area contributed by atoms with Crippen molar-refractivity contribution in [1.29, 1.82) is 0 Å². The molecule has 0 saturated heterocycles. The van der Waals surface area contributed by atoms with Crippen LogP contribution >= 0.6 is 0 Å². The molecule has 0 aromatic heterocycles. The number of methoxy groups -OCH3 is 1. The van der Waals surface area contributed by atoms with Gasteiger partial charge in [0.2, 0.25) is 0 Å². The molecule has 0 aliphatic rings. The van der Waals surface area contributed by atoms with Gasteiger partial charge in [0.1, 0.15) is 6.10 Å². The van der Waals surface area contributed by atoms with Crippen molar-refractivity contribution < 1.29 is 14.9 Å². The molecule has 0 spiro atoms. The fourth-order valence-corrected chi connectivity index (χ4v) is 1.10. The lowest BCUT2D eigenvalue weighted by Gasteiger charge is -2.25. The predicted molar refractivity (Wildman–Crippen MR) is 43.3 cm³/mol. The Hall–Kier alpha value is -0.120. The van der Waals surface area contributed by atoms with Crippen molar-refractivity contribution in [3.05, 3.63) is 0 Å². The molecule has 3 unspecified atom stereocenters. The summed E-state index contributed by atoms with van der Waals surface area (Å²) in [5.41, 5.74) is 0. The number of aliphatic hydroxyl groups is 2. The Bertz CT molecular complexity index is 85.3. The SMILES string of the molecule is CCC(C)C(OC)C(O)CO. The molecule has 0 radical (unpaired) electrons. The van der Waals surface area contributed by atoms with Gasteiger partial charge in [-0.1, -0.05) is 20.3 Å². The second-order valence-electron chi connectivity index (χ2n) is 2.84. The molecule has 0 aromatic carbocycles. The summed E-state index contributed by atoms with van der Waals surface area (Å²) in [6.45, 7) is 3.79. The van der Waals surface area contributed by atoms with E-state index in [1.807, 2.05) is 13.8 Å². The summed E-state index contributed by atoms with van der Waals surface area (Å²) in [4.78, 5) is 0. The van der Waals surface area contributed by atoms with Crippen LogP contribution in [-0.2, 0) is 4.74 Å². The first-order chi connectivity index (χ1) is 5.17. The maximum Gasteiger partial charge on any atom is 0.103 e. The molecule has 2 N–H and O–H groups in total. The molecule has 0 rings (SSSR count). The van der Waals surface area contributed by atoms with E-state index in [0.29, 0.717) is 0 Å². The van der Waals surface area contributed by atoms with Crippen LogP contribution in [0.15, 0.2) is 0 Å². The van der Waals surface area contributed by atoms with Gasteiger partial charge in [0, 0.05) is 7.11 Å². The van der Waals surface area contributed by atoms with Crippen molar-refractivity contribution in [2.75, 3.05) is 13.7 Å². The Morgan fingerprint density at radius 3 is 2.27 bits per heavy atom. The molecule has 11 heavy (non-hydrogen) atoms. The zero-order valence-electron chi connectivity index (χ0n) is 7.45. The quantitative estimate of drug-likeness (QED) is 0.615. The average Bonchev–Trinajstić information content (AvgIpc) is 2.05. The van der Waals surface area contributed by atoms with Gasteiger partial charge < -0.3 is 14.9 Å². The summed E-state index contributed by atoms with van der Waals surface area (Å²) >= 11 is 0. The number of rotatable bonds is 5. The van der Waals surface area contributed by atoms with E-state index >= 15 is 0 Å². The van der Waals surface area contributed by atoms with E-state index in [4.69, 9.17) is 9.84 Å². The Morgan fingerprint density at radius 1 is 1.45 bits per heavy atom. The van der Waals surface area contributed by atoms with Crippen LogP contribution in [0.1, 0.15) is 20.3 Å². The third-order valence-electron chi connectivity index (χ3n) is 2.04. The summed E-state index contributed by atoms with van der Waals surface area (Å²) in [5, 5.41) is 17.9. The van der Waals surface area contributed by atoms with E-state index in [1.165, 1.54) is 0 Å². The number of hydrogen-bond acceptors (Lipinski definition) is 3. The predicted octanol–water partition coefficient (Wildman–Crippen LogP) is 0.401. The van der Waals surface area contributed by atoms with Crippen LogP contribution in [0.4, 0.5) is 0 Å². The molecule has 0 aliphatic heterocycles. The zero-order chi connectivity index (χ0) is 8.85. The Morgan fingerprint density at radius 2 is 2.00 bits per heavy atom. The van der Waals surface area contributed by atoms with Gasteiger partial charge in [0.05, 0.1) is 12.7 Å². The van der Waals surface area contributed by atoms with Gasteiger partial charge in [-0.2, -0.15) is 0 Å². The molecule has 3 nitrogen and oxygen atoms in total. The van der Waals surface area contributed by atoms with Crippen LogP contribution in [-0.4, -0.2) is 36.1 Å². The van der Waals surface area contributed by atoms with Crippen molar-refractivity contribution in [3.8, 4) is 0 Å². The van der Waals surface area contributed by atoms with E-state index in [9.17, 15) is 5.11 Å². The molecule has 0 saturated carbocycles. The topological polar surface area (TPSA) is 49.7 Å². The molecule has 0 heterocycles. The number of aliphatic hydroxyl groups excluding tert-OH is 2. The van der Waals surface area contributed by atoms with Crippen molar-refractivity contribution in [3.63, 3.8) is 0 Å². The van der Waals surface area contributed by atoms with Crippen LogP contribution in [0.25, 0.3) is 0 Å². The summed E-state index contributed by atoms with van der Waals surface area (Å²) in [6.07, 6.45) is -0.0600. The normalized spacial score (nSPS) is 19.4. The summed E-state index contributed by atoms with van der Waals surface area (Å²) < 4.78 is 5.05. The first kappa shape index (κ1) is 10.9. The molecule has 68 valence electrons. The highest BCUT2D eigenvalue weighted by Crippen LogP contribution is 2.13. The lowest BCUT2D eigenvalue weighted by atomic mass is 9.97. The third-order valence-corrected chi connectivity index (χ3v) is 2.04. The van der Waals surface area contributed by atoms with Gasteiger partial charge >= 0.3 is 0 Å². The summed E-state index contributed by atoms with van der Waals surface area (Å²) in [6, 6.07) is 0. The minimum absolute atomic E-state index is 0.233. The van der Waals surface area contributed by atoms with Crippen LogP contribution in [0, 0.1) is 5.92 Å². The molecular formula is C8H18O3.